The Labute approximate surface area is 590 Å². The van der Waals surface area contributed by atoms with Crippen molar-refractivity contribution in [2.75, 3.05) is 6.61 Å². The van der Waals surface area contributed by atoms with Gasteiger partial charge in [0.1, 0.15) is 83.4 Å². The summed E-state index contributed by atoms with van der Waals surface area (Å²) in [5.41, 5.74) is 14.5. The first-order chi connectivity index (χ1) is 47.1. The van der Waals surface area contributed by atoms with Crippen molar-refractivity contribution in [1.82, 2.24) is 31.9 Å². The number of ether oxygens (including phenoxy) is 6. The lowest BCUT2D eigenvalue weighted by molar-refractivity contribution is -0.333. The molecule has 12 rings (SSSR count). The molecule has 2 fully saturated rings. The number of carboxylic acids is 1. The number of aliphatic hydroxyl groups excluding tert-OH is 6. The second-order valence-electron chi connectivity index (χ2n) is 25.8. The van der Waals surface area contributed by atoms with Crippen LogP contribution < -0.4 is 63.3 Å². The molecule has 0 spiro atoms. The fourth-order valence-corrected chi connectivity index (χ4v) is 13.1. The van der Waals surface area contributed by atoms with Gasteiger partial charge in [0, 0.05) is 40.6 Å². The van der Waals surface area contributed by atoms with Gasteiger partial charge in [0.2, 0.25) is 53.4 Å². The van der Waals surface area contributed by atoms with Gasteiger partial charge in [-0.2, -0.15) is 0 Å². The number of benzene rings is 4. The number of aliphatic hydroxyl groups is 6. The third-order valence-corrected chi connectivity index (χ3v) is 18.4. The van der Waals surface area contributed by atoms with Crippen molar-refractivity contribution in [3.05, 3.63) is 111 Å². The summed E-state index contributed by atoms with van der Waals surface area (Å²) < 4.78 is 38.3. The minimum Gasteiger partial charge on any atom is -0.508 e. The zero-order chi connectivity index (χ0) is 72.8. The largest absolute Gasteiger partial charge is 0.508 e. The van der Waals surface area contributed by atoms with Crippen LogP contribution in [0, 0.1) is 11.8 Å². The number of phenols is 3. The van der Waals surface area contributed by atoms with Crippen molar-refractivity contribution in [2.45, 2.75) is 163 Å². The number of halogens is 3. The Hall–Kier alpha value is -8.65. The van der Waals surface area contributed by atoms with E-state index in [1.54, 1.807) is 13.8 Å². The summed E-state index contributed by atoms with van der Waals surface area (Å²) in [6.07, 6.45) is -16.4. The SMILES string of the molecule is CC(C)C[C@@H](N)C(=O)N[C@H]1C(=O)N[C@@H](CC(N)=O)C(=O)N[C@H]2C(=O)N[C@H]3C(=O)N[C@H](C(=O)N[C@H](C(=O)O)c4cc(O)cc(O)c4-c4cc3ccc4O)[C@H](O)C3C=C(Cl)C(=CC3)Oc3cc2cc(c3O[C@@H]2O[C@H](CO)[C@@H](O)[C@H](O)[C@H]2O[C@H]2C[C@](C)(N)[C@H](O)[C@H](C)O2)Oc2ccc(cc2Cl)[C@H]1O.Cl. The highest BCUT2D eigenvalue weighted by Gasteiger charge is 2.52. The Balaban J connectivity index is 0.0000119. The summed E-state index contributed by atoms with van der Waals surface area (Å²) in [4.78, 5) is 116. The number of hydrogen-bond donors (Lipinski definition) is 19. The number of carboxylic acid groups (broad SMARTS) is 1. The number of primary amides is 1. The number of allylic oxidation sites excluding steroid dienone is 2. The average Bonchev–Trinajstić information content (AvgIpc) is 0.768. The van der Waals surface area contributed by atoms with E-state index >= 15 is 14.4 Å². The van der Waals surface area contributed by atoms with Gasteiger partial charge in [-0.05, 0) is 97.8 Å². The molecule has 2 saturated heterocycles. The molecule has 36 heteroatoms. The maximum absolute atomic E-state index is 16.0. The molecule has 4 aromatic rings. The first kappa shape index (κ1) is 76.5. The highest BCUT2D eigenvalue weighted by Crippen LogP contribution is 2.49. The van der Waals surface area contributed by atoms with E-state index in [1.807, 2.05) is 0 Å². The van der Waals surface area contributed by atoms with Gasteiger partial charge in [0.25, 0.3) is 0 Å². The molecule has 7 amide bonds. The predicted octanol–water partition coefficient (Wildman–Crippen LogP) is -0.446. The van der Waals surface area contributed by atoms with E-state index in [0.29, 0.717) is 0 Å². The molecular weight excluding hydrogens is 1400 g/mol. The summed E-state index contributed by atoms with van der Waals surface area (Å²) in [5.74, 6) is -17.4. The number of hydrogen-bond acceptors (Lipinski definition) is 25. The number of aromatic hydroxyl groups is 3. The molecule has 0 saturated carbocycles. The lowest BCUT2D eigenvalue weighted by Gasteiger charge is -2.47. The maximum atomic E-state index is 16.0. The van der Waals surface area contributed by atoms with E-state index in [4.69, 9.17) is 68.8 Å². The number of carbonyl (C=O) groups excluding carboxylic acids is 7. The number of fused-ring (bicyclic) bond motifs is 14. The number of carbonyl (C=O) groups is 8. The van der Waals surface area contributed by atoms with Gasteiger partial charge in [-0.25, -0.2) is 4.79 Å². The summed E-state index contributed by atoms with van der Waals surface area (Å²) in [6, 6.07) is -4.24. The smallest absolute Gasteiger partial charge is 0.330 e. The monoisotopic (exact) mass is 1470 g/mol. The number of aliphatic carboxylic acids is 1. The zero-order valence-corrected chi connectivity index (χ0v) is 56.3. The molecule has 33 nitrogen and oxygen atoms in total. The van der Waals surface area contributed by atoms with Crippen LogP contribution in [0.4, 0.5) is 0 Å². The van der Waals surface area contributed by atoms with Crippen molar-refractivity contribution in [3.8, 4) is 51.4 Å². The number of amides is 7. The molecule has 0 radical (unpaired) electrons. The Bertz CT molecular complexity index is 3980. The van der Waals surface area contributed by atoms with E-state index in [1.165, 1.54) is 38.1 Å². The molecule has 0 aromatic heterocycles. The summed E-state index contributed by atoms with van der Waals surface area (Å²) in [7, 11) is 0. The molecule has 1 unspecified atom stereocenters. The first-order valence-electron chi connectivity index (χ1n) is 31.4. The Morgan fingerprint density at radius 1 is 0.772 bits per heavy atom. The van der Waals surface area contributed by atoms with E-state index in [2.05, 4.69) is 31.9 Å². The Kier molecular flexibility index (Phi) is 23.4. The van der Waals surface area contributed by atoms with Gasteiger partial charge in [-0.3, -0.25) is 33.6 Å². The van der Waals surface area contributed by atoms with Gasteiger partial charge in [-0.15, -0.1) is 12.4 Å². The van der Waals surface area contributed by atoms with Crippen molar-refractivity contribution < 1.29 is 118 Å². The summed E-state index contributed by atoms with van der Waals surface area (Å²) >= 11 is 14.1. The minimum atomic E-state index is -2.34. The van der Waals surface area contributed by atoms with Crippen molar-refractivity contribution in [2.24, 2.45) is 29.0 Å². The third-order valence-electron chi connectivity index (χ3n) is 17.8. The van der Waals surface area contributed by atoms with E-state index in [-0.39, 0.29) is 70.3 Å². The number of phenolic OH excluding ortho intramolecular Hbond substituents is 3. The molecule has 11 bridgehead atoms. The molecule has 8 aliphatic rings. The topological polar surface area (TPSA) is 544 Å². The van der Waals surface area contributed by atoms with Gasteiger partial charge >= 0.3 is 5.97 Å². The molecule has 7 aliphatic heterocycles. The molecule has 101 heavy (non-hydrogen) atoms. The van der Waals surface area contributed by atoms with Crippen molar-refractivity contribution >= 4 is 82.9 Å². The fraction of sp³-hybridized carbons (Fsp3) is 0.446. The number of nitrogens with two attached hydrogens (primary N) is 3. The third kappa shape index (κ3) is 16.3. The average molecular weight is 1470 g/mol. The van der Waals surface area contributed by atoms with Crippen LogP contribution in [-0.4, -0.2) is 190 Å². The number of nitrogens with one attached hydrogen (secondary N) is 6. The first-order valence-corrected chi connectivity index (χ1v) is 32.2. The van der Waals surface area contributed by atoms with Crippen molar-refractivity contribution in [3.63, 3.8) is 0 Å². The van der Waals surface area contributed by atoms with Gasteiger partial charge < -0.3 is 129 Å². The molecule has 7 heterocycles. The molecule has 22 N–H and O–H groups in total. The second-order valence-corrected chi connectivity index (χ2v) is 26.6. The standard InChI is InChI=1S/C65H75Cl2N9O24.ClH/c1-22(2)11-33(68)57(87)75-48-50(82)25-6-9-37(31(66)13-25)96-39-15-27-16-40(54(39)100-64-55(53(85)52(84)41(21-77)98-64)99-43-20-65(4,70)56(86)23(3)95-43)97-38-10-7-26(14-32(38)67)51(83)49-62(92)74-47(63(93)94)30-17-28(78)18-36(80)44(30)29-12-24(5-8-35(29)79)45(59(89)76-49)73-60(90)46(27)72-58(88)34(19-42(69)81)71-61(48)91;/h5-6,8-10,12-18,22-23,26,33-34,41,43,45-53,55-56,64,77-80,82-86H,7,11,19-21,68,70H2,1-4H3,(H2,69,81)(H,71,91)(H,72,88)(H,73,90)(H,74,92)(H,75,87)(H,76,89)(H,93,94);1H/t23-,26?,33+,34-,41+,43-,45+,46+,47-,48+,49-,50+,51+,52+,53-,55+,56+,64-,65-;/m0./s1. The molecule has 4 aromatic carbocycles. The van der Waals surface area contributed by atoms with Crippen LogP contribution in [0.2, 0.25) is 5.02 Å². The van der Waals surface area contributed by atoms with Gasteiger partial charge in [0.05, 0.1) is 47.4 Å². The molecule has 19 atom stereocenters. The minimum absolute atomic E-state index is 0. The van der Waals surface area contributed by atoms with Crippen LogP contribution in [0.25, 0.3) is 11.1 Å². The molecule has 546 valence electrons. The predicted molar refractivity (Wildman–Crippen MR) is 352 cm³/mol. The molecule has 1 aliphatic carbocycles. The van der Waals surface area contributed by atoms with Gasteiger partial charge in [0.15, 0.2) is 29.9 Å². The van der Waals surface area contributed by atoms with Crippen LogP contribution >= 0.6 is 35.6 Å². The van der Waals surface area contributed by atoms with Crippen LogP contribution in [0.3, 0.4) is 0 Å². The Morgan fingerprint density at radius 2 is 1.44 bits per heavy atom. The highest BCUT2D eigenvalue weighted by atomic mass is 35.5. The lowest BCUT2D eigenvalue weighted by Crippen LogP contribution is -2.64. The number of rotatable bonds is 12. The second kappa shape index (κ2) is 30.9. The summed E-state index contributed by atoms with van der Waals surface area (Å²) in [5, 5.41) is 128. The Morgan fingerprint density at radius 3 is 2.08 bits per heavy atom. The molecular formula is C65H76Cl3N9O24. The van der Waals surface area contributed by atoms with Crippen LogP contribution in [0.1, 0.15) is 99.9 Å². The van der Waals surface area contributed by atoms with E-state index in [9.17, 15) is 75.0 Å². The quantitative estimate of drug-likeness (QED) is 0.0854. The normalized spacial score (nSPS) is 30.9. The van der Waals surface area contributed by atoms with E-state index < -0.39 is 232 Å². The lowest BCUT2D eigenvalue weighted by atomic mass is 9.86. The zero-order valence-electron chi connectivity index (χ0n) is 54.0. The van der Waals surface area contributed by atoms with Crippen molar-refractivity contribution in [1.29, 1.82) is 0 Å². The van der Waals surface area contributed by atoms with Crippen LogP contribution in [-0.2, 0) is 52.6 Å². The van der Waals surface area contributed by atoms with Gasteiger partial charge in [-0.1, -0.05) is 55.3 Å². The highest BCUT2D eigenvalue weighted by molar-refractivity contribution is 6.32. The summed E-state index contributed by atoms with van der Waals surface area (Å²) in [6.45, 7) is 5.55. The maximum Gasteiger partial charge on any atom is 0.330 e. The van der Waals surface area contributed by atoms with E-state index in [0.717, 1.165) is 48.5 Å². The fourth-order valence-electron chi connectivity index (χ4n) is 12.6. The van der Waals surface area contributed by atoms with Crippen LogP contribution in [0.15, 0.2) is 83.6 Å². The van der Waals surface area contributed by atoms with Crippen LogP contribution in [0.5, 0.6) is 40.2 Å².